The molecule has 134 valence electrons. The first kappa shape index (κ1) is 18.6. The summed E-state index contributed by atoms with van der Waals surface area (Å²) in [6.07, 6.45) is 3.24. The molecular formula is C15H20N6O3S. The Bertz CT molecular complexity index is 900. The number of hydrogen-bond acceptors (Lipinski definition) is 8. The van der Waals surface area contributed by atoms with Crippen LogP contribution in [0.4, 0.5) is 22.2 Å². The van der Waals surface area contributed by atoms with E-state index in [-0.39, 0.29) is 16.5 Å². The number of anilines is 3. The summed E-state index contributed by atoms with van der Waals surface area (Å²) in [6, 6.07) is 4.67. The Morgan fingerprint density at radius 3 is 2.68 bits per heavy atom. The maximum absolute atomic E-state index is 13.0. The molecule has 0 spiro atoms. The normalized spacial score (nSPS) is 13.6. The van der Waals surface area contributed by atoms with Crippen molar-refractivity contribution < 1.29 is 13.7 Å². The molecule has 0 bridgehead atoms. The molecule has 0 saturated heterocycles. The molecule has 9 nitrogen and oxygen atoms in total. The SMILES string of the molecule is CC(C)(C)OC(=O)N=S(C)(=O)c1cccnc1Nc1cc(N)ncn1. The van der Waals surface area contributed by atoms with Crippen LogP contribution < -0.4 is 11.1 Å². The van der Waals surface area contributed by atoms with Crippen LogP contribution in [0, 0.1) is 0 Å². The molecule has 0 saturated carbocycles. The Labute approximate surface area is 146 Å². The summed E-state index contributed by atoms with van der Waals surface area (Å²) in [4.78, 5) is 24.1. The predicted octanol–water partition coefficient (Wildman–Crippen LogP) is 2.59. The maximum atomic E-state index is 13.0. The van der Waals surface area contributed by atoms with Crippen molar-refractivity contribution in [3.8, 4) is 0 Å². The fourth-order valence-electron chi connectivity index (χ4n) is 1.82. The summed E-state index contributed by atoms with van der Waals surface area (Å²) >= 11 is 0. The van der Waals surface area contributed by atoms with E-state index in [0.717, 1.165) is 0 Å². The Balaban J connectivity index is 2.39. The van der Waals surface area contributed by atoms with E-state index in [1.54, 1.807) is 32.9 Å². The van der Waals surface area contributed by atoms with Crippen molar-refractivity contribution in [2.75, 3.05) is 17.3 Å². The van der Waals surface area contributed by atoms with E-state index in [1.807, 2.05) is 0 Å². The van der Waals surface area contributed by atoms with E-state index in [1.165, 1.54) is 24.8 Å². The highest BCUT2D eigenvalue weighted by molar-refractivity contribution is 7.93. The van der Waals surface area contributed by atoms with Gasteiger partial charge in [-0.2, -0.15) is 0 Å². The van der Waals surface area contributed by atoms with Crippen molar-refractivity contribution in [3.05, 3.63) is 30.7 Å². The molecule has 25 heavy (non-hydrogen) atoms. The first-order valence-electron chi connectivity index (χ1n) is 7.31. The van der Waals surface area contributed by atoms with Gasteiger partial charge < -0.3 is 15.8 Å². The third-order valence-electron chi connectivity index (χ3n) is 2.76. The minimum absolute atomic E-state index is 0.248. The van der Waals surface area contributed by atoms with Gasteiger partial charge in [-0.25, -0.2) is 24.0 Å². The molecule has 2 rings (SSSR count). The van der Waals surface area contributed by atoms with Gasteiger partial charge in [0.25, 0.3) is 0 Å². The number of nitrogens with zero attached hydrogens (tertiary/aromatic N) is 4. The number of pyridine rings is 1. The van der Waals surface area contributed by atoms with Crippen LogP contribution in [0.3, 0.4) is 0 Å². The highest BCUT2D eigenvalue weighted by Crippen LogP contribution is 2.23. The lowest BCUT2D eigenvalue weighted by molar-refractivity contribution is 0.0607. The molecule has 0 aliphatic rings. The zero-order valence-electron chi connectivity index (χ0n) is 14.4. The van der Waals surface area contributed by atoms with Crippen molar-refractivity contribution in [1.29, 1.82) is 0 Å². The van der Waals surface area contributed by atoms with Crippen LogP contribution >= 0.6 is 0 Å². The third kappa shape index (κ3) is 5.38. The lowest BCUT2D eigenvalue weighted by atomic mass is 10.2. The zero-order valence-corrected chi connectivity index (χ0v) is 15.2. The molecule has 0 aromatic carbocycles. The maximum Gasteiger partial charge on any atom is 0.442 e. The molecule has 0 aliphatic carbocycles. The molecule has 2 heterocycles. The Hall–Kier alpha value is -2.75. The topological polar surface area (TPSA) is 132 Å². The molecule has 0 fully saturated rings. The minimum Gasteiger partial charge on any atom is -0.442 e. The van der Waals surface area contributed by atoms with Gasteiger partial charge in [0.15, 0.2) is 0 Å². The van der Waals surface area contributed by atoms with Gasteiger partial charge in [0.05, 0.1) is 14.6 Å². The number of carbonyl (C=O) groups is 1. The van der Waals surface area contributed by atoms with Crippen molar-refractivity contribution in [3.63, 3.8) is 0 Å². The Morgan fingerprint density at radius 1 is 1.32 bits per heavy atom. The molecule has 10 heteroatoms. The number of nitrogens with one attached hydrogen (secondary N) is 1. The summed E-state index contributed by atoms with van der Waals surface area (Å²) in [5.41, 5.74) is 4.88. The number of rotatable bonds is 3. The number of nitrogen functional groups attached to an aromatic ring is 1. The fraction of sp³-hybridized carbons (Fsp3) is 0.333. The molecule has 1 amide bonds. The standard InChI is InChI=1S/C15H20N6O3S/c1-15(2,3)24-14(22)21-25(4,23)10-6-5-7-17-13(10)20-12-8-11(16)18-9-19-12/h5-9H,1-4H3,(H3,16,17,18,19,20). The summed E-state index contributed by atoms with van der Waals surface area (Å²) in [6.45, 7) is 5.11. The van der Waals surface area contributed by atoms with Crippen LogP contribution in [0.25, 0.3) is 0 Å². The number of nitrogens with two attached hydrogens (primary N) is 1. The van der Waals surface area contributed by atoms with Crippen molar-refractivity contribution >= 4 is 33.3 Å². The summed E-state index contributed by atoms with van der Waals surface area (Å²) < 4.78 is 21.8. The average Bonchev–Trinajstić information content (AvgIpc) is 2.45. The van der Waals surface area contributed by atoms with Gasteiger partial charge in [-0.3, -0.25) is 0 Å². The molecular weight excluding hydrogens is 344 g/mol. The van der Waals surface area contributed by atoms with Crippen molar-refractivity contribution in [2.45, 2.75) is 31.3 Å². The van der Waals surface area contributed by atoms with Crippen molar-refractivity contribution in [1.82, 2.24) is 15.0 Å². The smallest absolute Gasteiger partial charge is 0.442 e. The van der Waals surface area contributed by atoms with Gasteiger partial charge in [0.1, 0.15) is 29.4 Å². The number of hydrogen-bond donors (Lipinski definition) is 2. The van der Waals surface area contributed by atoms with Gasteiger partial charge in [-0.1, -0.05) is 0 Å². The van der Waals surface area contributed by atoms with Gasteiger partial charge in [0, 0.05) is 18.5 Å². The molecule has 2 aromatic rings. The third-order valence-corrected chi connectivity index (χ3v) is 4.40. The Morgan fingerprint density at radius 2 is 2.04 bits per heavy atom. The zero-order chi connectivity index (χ0) is 18.7. The second-order valence-electron chi connectivity index (χ2n) is 6.18. The summed E-state index contributed by atoms with van der Waals surface area (Å²) in [5.74, 6) is 0.894. The van der Waals surface area contributed by atoms with Crippen LogP contribution in [0.1, 0.15) is 20.8 Å². The van der Waals surface area contributed by atoms with Gasteiger partial charge >= 0.3 is 6.09 Å². The van der Waals surface area contributed by atoms with E-state index >= 15 is 0 Å². The van der Waals surface area contributed by atoms with Gasteiger partial charge in [-0.05, 0) is 32.9 Å². The number of ether oxygens (including phenoxy) is 1. The van der Waals surface area contributed by atoms with E-state index in [2.05, 4.69) is 24.6 Å². The van der Waals surface area contributed by atoms with E-state index in [9.17, 15) is 9.00 Å². The van der Waals surface area contributed by atoms with E-state index in [0.29, 0.717) is 5.82 Å². The highest BCUT2D eigenvalue weighted by atomic mass is 32.2. The monoisotopic (exact) mass is 364 g/mol. The first-order valence-corrected chi connectivity index (χ1v) is 9.24. The van der Waals surface area contributed by atoms with Crippen LogP contribution in [0.5, 0.6) is 0 Å². The van der Waals surface area contributed by atoms with Crippen LogP contribution in [0.15, 0.2) is 40.0 Å². The van der Waals surface area contributed by atoms with Gasteiger partial charge in [-0.15, -0.1) is 4.36 Å². The van der Waals surface area contributed by atoms with Crippen molar-refractivity contribution in [2.24, 2.45) is 4.36 Å². The molecule has 0 aliphatic heterocycles. The summed E-state index contributed by atoms with van der Waals surface area (Å²) in [5, 5.41) is 2.91. The second kappa shape index (κ2) is 7.01. The molecule has 2 aromatic heterocycles. The number of aromatic nitrogens is 3. The van der Waals surface area contributed by atoms with Crippen LogP contribution in [-0.2, 0) is 14.5 Å². The molecule has 0 radical (unpaired) electrons. The quantitative estimate of drug-likeness (QED) is 0.849. The Kier molecular flexibility index (Phi) is 5.21. The number of amides is 1. The number of carbonyl (C=O) groups excluding carboxylic acids is 1. The van der Waals surface area contributed by atoms with E-state index < -0.39 is 21.4 Å². The molecule has 1 unspecified atom stereocenters. The summed E-state index contributed by atoms with van der Waals surface area (Å²) in [7, 11) is -3.09. The van der Waals surface area contributed by atoms with Crippen LogP contribution in [-0.4, -0.2) is 37.1 Å². The van der Waals surface area contributed by atoms with Gasteiger partial charge in [0.2, 0.25) is 0 Å². The first-order chi connectivity index (χ1) is 11.6. The lowest BCUT2D eigenvalue weighted by Crippen LogP contribution is -2.22. The lowest BCUT2D eigenvalue weighted by Gasteiger charge is -2.18. The predicted molar refractivity (Wildman–Crippen MR) is 95.0 cm³/mol. The average molecular weight is 364 g/mol. The largest absolute Gasteiger partial charge is 0.442 e. The molecule has 1 atom stereocenters. The fourth-order valence-corrected chi connectivity index (χ4v) is 3.04. The second-order valence-corrected chi connectivity index (χ2v) is 8.40. The molecule has 3 N–H and O–H groups in total. The highest BCUT2D eigenvalue weighted by Gasteiger charge is 2.20. The van der Waals surface area contributed by atoms with Crippen LogP contribution in [0.2, 0.25) is 0 Å². The minimum atomic E-state index is -3.09. The van der Waals surface area contributed by atoms with E-state index in [4.69, 9.17) is 10.5 Å².